The highest BCUT2D eigenvalue weighted by Crippen LogP contribution is 2.32. The van der Waals surface area contributed by atoms with Crippen LogP contribution in [0.2, 0.25) is 0 Å². The first kappa shape index (κ1) is 25.6. The number of amides is 1. The number of likely N-dealkylation sites (tertiary alicyclic amines) is 1. The highest BCUT2D eigenvalue weighted by atomic mass is 19.1. The Morgan fingerprint density at radius 2 is 1.63 bits per heavy atom. The molecule has 1 aromatic heterocycles. The third kappa shape index (κ3) is 5.92. The maximum absolute atomic E-state index is 14.6. The van der Waals surface area contributed by atoms with Crippen LogP contribution in [-0.4, -0.2) is 33.6 Å². The Kier molecular flexibility index (Phi) is 7.79. The molecule has 0 aliphatic carbocycles. The number of nitrogens with zero attached hydrogens (tertiary/aromatic N) is 3. The van der Waals surface area contributed by atoms with Crippen molar-refractivity contribution in [2.45, 2.75) is 32.0 Å². The van der Waals surface area contributed by atoms with Gasteiger partial charge in [0.05, 0.1) is 11.7 Å². The van der Waals surface area contributed by atoms with Gasteiger partial charge in [0, 0.05) is 31.4 Å². The smallest absolute Gasteiger partial charge is 0.410 e. The number of rotatable bonds is 7. The summed E-state index contributed by atoms with van der Waals surface area (Å²) >= 11 is 0. The number of carbonyl (C=O) groups excluding carboxylic acids is 1. The lowest BCUT2D eigenvalue weighted by atomic mass is 9.89. The Balaban J connectivity index is 1.30. The number of hydrogen-bond acceptors (Lipinski definition) is 4. The number of imidazole rings is 1. The van der Waals surface area contributed by atoms with Crippen LogP contribution in [0.15, 0.2) is 85.1 Å². The maximum Gasteiger partial charge on any atom is 0.410 e. The van der Waals surface area contributed by atoms with Crippen molar-refractivity contribution < 1.29 is 18.3 Å². The van der Waals surface area contributed by atoms with E-state index >= 15 is 0 Å². The molecule has 0 bridgehead atoms. The van der Waals surface area contributed by atoms with E-state index in [4.69, 9.17) is 15.5 Å². The molecule has 0 spiro atoms. The van der Waals surface area contributed by atoms with Crippen molar-refractivity contribution in [2.24, 2.45) is 11.7 Å². The second-order valence-electron chi connectivity index (χ2n) is 9.61. The van der Waals surface area contributed by atoms with Gasteiger partial charge < -0.3 is 19.9 Å². The van der Waals surface area contributed by atoms with Crippen LogP contribution in [0, 0.1) is 17.6 Å². The topological polar surface area (TPSA) is 73.4 Å². The second kappa shape index (κ2) is 11.6. The molecule has 2 N–H and O–H groups in total. The van der Waals surface area contributed by atoms with Crippen molar-refractivity contribution in [3.63, 3.8) is 0 Å². The molecule has 196 valence electrons. The Hall–Kier alpha value is -4.04. The average Bonchev–Trinajstić information content (AvgIpc) is 3.37. The molecule has 6 nitrogen and oxygen atoms in total. The van der Waals surface area contributed by atoms with Crippen molar-refractivity contribution >= 4 is 6.09 Å². The normalized spacial score (nSPS) is 14.9. The third-order valence-corrected chi connectivity index (χ3v) is 7.02. The molecule has 8 heteroatoms. The number of halogens is 2. The van der Waals surface area contributed by atoms with Gasteiger partial charge in [-0.2, -0.15) is 0 Å². The summed E-state index contributed by atoms with van der Waals surface area (Å²) in [5.74, 6) is -0.400. The van der Waals surface area contributed by atoms with Crippen LogP contribution < -0.4 is 5.73 Å². The summed E-state index contributed by atoms with van der Waals surface area (Å²) in [7, 11) is 0. The minimum atomic E-state index is -0.543. The highest BCUT2D eigenvalue weighted by Gasteiger charge is 2.31. The summed E-state index contributed by atoms with van der Waals surface area (Å²) < 4.78 is 35.9. The molecule has 38 heavy (non-hydrogen) atoms. The third-order valence-electron chi connectivity index (χ3n) is 7.02. The number of hydrogen-bond donors (Lipinski definition) is 1. The average molecular weight is 517 g/mol. The van der Waals surface area contributed by atoms with Crippen molar-refractivity contribution in [1.82, 2.24) is 14.5 Å². The molecule has 1 aliphatic rings. The molecular formula is C30H30F2N4O2. The van der Waals surface area contributed by atoms with Gasteiger partial charge in [-0.15, -0.1) is 0 Å². The predicted octanol–water partition coefficient (Wildman–Crippen LogP) is 5.93. The molecule has 0 radical (unpaired) electrons. The van der Waals surface area contributed by atoms with Crippen LogP contribution in [0.25, 0.3) is 11.3 Å². The molecule has 1 fully saturated rings. The van der Waals surface area contributed by atoms with Gasteiger partial charge in [-0.1, -0.05) is 60.7 Å². The minimum absolute atomic E-state index is 0.0651. The fourth-order valence-corrected chi connectivity index (χ4v) is 4.89. The highest BCUT2D eigenvalue weighted by molar-refractivity contribution is 5.67. The number of carbonyl (C=O) groups is 1. The zero-order valence-electron chi connectivity index (χ0n) is 21.0. The van der Waals surface area contributed by atoms with Gasteiger partial charge in [0.2, 0.25) is 0 Å². The fraction of sp³-hybridized carbons (Fsp3) is 0.267. The van der Waals surface area contributed by atoms with E-state index in [1.165, 1.54) is 0 Å². The molecule has 3 aromatic carbocycles. The van der Waals surface area contributed by atoms with E-state index in [1.54, 1.807) is 11.1 Å². The molecular weight excluding hydrogens is 486 g/mol. The van der Waals surface area contributed by atoms with Crippen LogP contribution in [0.3, 0.4) is 0 Å². The summed E-state index contributed by atoms with van der Waals surface area (Å²) in [4.78, 5) is 19.0. The Bertz CT molecular complexity index is 1370. The molecule has 1 amide bonds. The monoisotopic (exact) mass is 516 g/mol. The van der Waals surface area contributed by atoms with E-state index in [1.807, 2.05) is 65.2 Å². The molecule has 1 saturated heterocycles. The number of nitrogens with two attached hydrogens (primary N) is 1. The molecule has 1 aliphatic heterocycles. The Morgan fingerprint density at radius 1 is 0.974 bits per heavy atom. The summed E-state index contributed by atoms with van der Waals surface area (Å²) in [5.41, 5.74) is 9.17. The lowest BCUT2D eigenvalue weighted by Crippen LogP contribution is -2.41. The van der Waals surface area contributed by atoms with E-state index in [9.17, 15) is 13.6 Å². The molecule has 4 aromatic rings. The van der Waals surface area contributed by atoms with Crippen LogP contribution in [0.1, 0.15) is 35.8 Å². The maximum atomic E-state index is 14.6. The van der Waals surface area contributed by atoms with Crippen molar-refractivity contribution in [3.05, 3.63) is 114 Å². The Morgan fingerprint density at radius 3 is 2.32 bits per heavy atom. The molecule has 2 heterocycles. The van der Waals surface area contributed by atoms with Crippen molar-refractivity contribution in [2.75, 3.05) is 13.1 Å². The minimum Gasteiger partial charge on any atom is -0.445 e. The molecule has 0 saturated carbocycles. The van der Waals surface area contributed by atoms with Crippen LogP contribution in [0.5, 0.6) is 0 Å². The standard InChI is InChI=1S/C30H30F2N4O2/c31-24-11-12-26(32)25(17-24)27-19-36(18-21-7-3-1-4-8-21)29(34-27)28(33)23-13-15-35(16-14-23)30(37)38-20-22-9-5-2-6-10-22/h1-12,17,19,23,28H,13-16,18,20,33H2. The van der Waals surface area contributed by atoms with Crippen molar-refractivity contribution in [1.29, 1.82) is 0 Å². The molecule has 1 atom stereocenters. The van der Waals surface area contributed by atoms with Gasteiger partial charge in [0.15, 0.2) is 0 Å². The zero-order valence-corrected chi connectivity index (χ0v) is 21.0. The van der Waals surface area contributed by atoms with E-state index in [0.29, 0.717) is 44.0 Å². The predicted molar refractivity (Wildman–Crippen MR) is 141 cm³/mol. The number of piperidine rings is 1. The number of benzene rings is 3. The zero-order chi connectivity index (χ0) is 26.5. The van der Waals surface area contributed by atoms with Crippen molar-refractivity contribution in [3.8, 4) is 11.3 Å². The Labute approximate surface area is 220 Å². The number of ether oxygens (including phenoxy) is 1. The summed E-state index contributed by atoms with van der Waals surface area (Å²) in [5, 5.41) is 0. The summed E-state index contributed by atoms with van der Waals surface area (Å²) in [6, 6.07) is 22.3. The largest absolute Gasteiger partial charge is 0.445 e. The van der Waals surface area contributed by atoms with Gasteiger partial charge in [0.1, 0.15) is 24.1 Å². The lowest BCUT2D eigenvalue weighted by molar-refractivity contribution is 0.0793. The van der Waals surface area contributed by atoms with Crippen LogP contribution in [-0.2, 0) is 17.9 Å². The quantitative estimate of drug-likeness (QED) is 0.331. The SMILES string of the molecule is NC(c1nc(-c2cc(F)ccc2F)cn1Cc1ccccc1)C1CCN(C(=O)OCc2ccccc2)CC1. The first-order chi connectivity index (χ1) is 18.5. The number of aromatic nitrogens is 2. The van der Waals surface area contributed by atoms with E-state index < -0.39 is 17.7 Å². The van der Waals surface area contributed by atoms with Gasteiger partial charge in [0.25, 0.3) is 0 Å². The molecule has 5 rings (SSSR count). The van der Waals surface area contributed by atoms with Crippen LogP contribution in [0.4, 0.5) is 13.6 Å². The van der Waals surface area contributed by atoms with Crippen LogP contribution >= 0.6 is 0 Å². The van der Waals surface area contributed by atoms with Gasteiger partial charge in [-0.05, 0) is 48.1 Å². The van der Waals surface area contributed by atoms with Gasteiger partial charge in [-0.3, -0.25) is 0 Å². The summed E-state index contributed by atoms with van der Waals surface area (Å²) in [6.45, 7) is 1.78. The first-order valence-corrected chi connectivity index (χ1v) is 12.8. The van der Waals surface area contributed by atoms with E-state index in [0.717, 1.165) is 29.3 Å². The fourth-order valence-electron chi connectivity index (χ4n) is 4.89. The van der Waals surface area contributed by atoms with Gasteiger partial charge >= 0.3 is 6.09 Å². The summed E-state index contributed by atoms with van der Waals surface area (Å²) in [6.07, 6.45) is 2.76. The van der Waals surface area contributed by atoms with Gasteiger partial charge in [-0.25, -0.2) is 18.6 Å². The van der Waals surface area contributed by atoms with E-state index in [2.05, 4.69) is 0 Å². The first-order valence-electron chi connectivity index (χ1n) is 12.8. The molecule has 1 unspecified atom stereocenters. The van der Waals surface area contributed by atoms with E-state index in [-0.39, 0.29) is 24.2 Å². The second-order valence-corrected chi connectivity index (χ2v) is 9.61. The lowest BCUT2D eigenvalue weighted by Gasteiger charge is -2.34.